The lowest BCUT2D eigenvalue weighted by atomic mass is 9.92. The minimum atomic E-state index is -0.0923. The molecule has 3 heterocycles. The molecule has 1 saturated heterocycles. The number of carbonyl (C=O) groups is 2. The molecule has 7 heteroatoms. The number of likely N-dealkylation sites (tertiary alicyclic amines) is 1. The Kier molecular flexibility index (Phi) is 6.11. The average molecular weight is 383 g/mol. The molecule has 0 aromatic carbocycles. The number of piperidine rings is 1. The fraction of sp³-hybridized carbons (Fsp3) is 0.524. The fourth-order valence-corrected chi connectivity index (χ4v) is 3.66. The van der Waals surface area contributed by atoms with E-state index >= 15 is 0 Å². The Bertz CT molecular complexity index is 820. The van der Waals surface area contributed by atoms with E-state index in [1.807, 2.05) is 47.8 Å². The van der Waals surface area contributed by atoms with Gasteiger partial charge < -0.3 is 9.80 Å². The van der Waals surface area contributed by atoms with Crippen molar-refractivity contribution in [2.45, 2.75) is 39.2 Å². The summed E-state index contributed by atoms with van der Waals surface area (Å²) in [7, 11) is 3.47. The zero-order valence-corrected chi connectivity index (χ0v) is 17.1. The number of hydrogen-bond acceptors (Lipinski definition) is 4. The summed E-state index contributed by atoms with van der Waals surface area (Å²) >= 11 is 0. The molecular weight excluding hydrogens is 354 g/mol. The fourth-order valence-electron chi connectivity index (χ4n) is 3.66. The van der Waals surface area contributed by atoms with E-state index in [9.17, 15) is 9.59 Å². The van der Waals surface area contributed by atoms with Crippen LogP contribution in [0.5, 0.6) is 0 Å². The van der Waals surface area contributed by atoms with Crippen LogP contribution >= 0.6 is 0 Å². The maximum absolute atomic E-state index is 12.8. The summed E-state index contributed by atoms with van der Waals surface area (Å²) in [6, 6.07) is 5.74. The Morgan fingerprint density at radius 3 is 2.46 bits per heavy atom. The van der Waals surface area contributed by atoms with E-state index in [4.69, 9.17) is 0 Å². The smallest absolute Gasteiger partial charge is 0.254 e. The van der Waals surface area contributed by atoms with Crippen molar-refractivity contribution >= 4 is 11.8 Å². The highest BCUT2D eigenvalue weighted by atomic mass is 16.2. The van der Waals surface area contributed by atoms with Gasteiger partial charge in [-0.3, -0.25) is 19.3 Å². The second-order valence-corrected chi connectivity index (χ2v) is 7.85. The third kappa shape index (κ3) is 4.58. The second-order valence-electron chi connectivity index (χ2n) is 7.85. The van der Waals surface area contributed by atoms with Crippen LogP contribution in [0.3, 0.4) is 0 Å². The van der Waals surface area contributed by atoms with E-state index in [2.05, 4.69) is 10.1 Å². The maximum atomic E-state index is 12.8. The predicted octanol–water partition coefficient (Wildman–Crippen LogP) is 2.33. The number of carbonyl (C=O) groups excluding carboxylic acids is 2. The molecule has 0 radical (unpaired) electrons. The molecule has 2 aromatic heterocycles. The molecule has 150 valence electrons. The normalized spacial score (nSPS) is 16.1. The topological polar surface area (TPSA) is 71.3 Å². The molecule has 1 fully saturated rings. The maximum Gasteiger partial charge on any atom is 0.254 e. The monoisotopic (exact) mass is 383 g/mol. The van der Waals surface area contributed by atoms with Gasteiger partial charge in [0.2, 0.25) is 5.91 Å². The SMILES string of the molecule is Cc1ccn(C[C@H](C)C(=O)N2CCC(c3ccc(C(=O)N(C)C)cn3)CC2)n1. The summed E-state index contributed by atoms with van der Waals surface area (Å²) in [5, 5.41) is 4.37. The molecule has 0 N–H and O–H groups in total. The van der Waals surface area contributed by atoms with Crippen LogP contribution in [0.25, 0.3) is 0 Å². The summed E-state index contributed by atoms with van der Waals surface area (Å²) in [6.45, 7) is 6.01. The first-order valence-electron chi connectivity index (χ1n) is 9.81. The largest absolute Gasteiger partial charge is 0.345 e. The van der Waals surface area contributed by atoms with E-state index in [1.54, 1.807) is 25.2 Å². The summed E-state index contributed by atoms with van der Waals surface area (Å²) in [4.78, 5) is 32.8. The van der Waals surface area contributed by atoms with Crippen molar-refractivity contribution in [3.63, 3.8) is 0 Å². The zero-order valence-electron chi connectivity index (χ0n) is 17.1. The van der Waals surface area contributed by atoms with Gasteiger partial charge in [0, 0.05) is 51.2 Å². The van der Waals surface area contributed by atoms with E-state index in [-0.39, 0.29) is 17.7 Å². The molecular formula is C21H29N5O2. The van der Waals surface area contributed by atoms with E-state index in [1.165, 1.54) is 0 Å². The van der Waals surface area contributed by atoms with Crippen molar-refractivity contribution in [1.29, 1.82) is 0 Å². The van der Waals surface area contributed by atoms with Gasteiger partial charge in [0.15, 0.2) is 0 Å². The Hall–Kier alpha value is -2.70. The van der Waals surface area contributed by atoms with Crippen LogP contribution < -0.4 is 0 Å². The van der Waals surface area contributed by atoms with Crippen molar-refractivity contribution in [1.82, 2.24) is 24.6 Å². The van der Waals surface area contributed by atoms with Crippen molar-refractivity contribution in [3.8, 4) is 0 Å². The van der Waals surface area contributed by atoms with Crippen molar-refractivity contribution in [2.24, 2.45) is 5.92 Å². The van der Waals surface area contributed by atoms with Crippen LogP contribution in [0, 0.1) is 12.8 Å². The van der Waals surface area contributed by atoms with Gasteiger partial charge in [-0.05, 0) is 38.0 Å². The number of hydrogen-bond donors (Lipinski definition) is 0. The third-order valence-corrected chi connectivity index (χ3v) is 5.32. The van der Waals surface area contributed by atoms with Gasteiger partial charge in [-0.1, -0.05) is 6.92 Å². The predicted molar refractivity (Wildman–Crippen MR) is 107 cm³/mol. The molecule has 0 bridgehead atoms. The van der Waals surface area contributed by atoms with Crippen LogP contribution in [0.2, 0.25) is 0 Å². The van der Waals surface area contributed by atoms with Crippen LogP contribution in [0.1, 0.15) is 47.4 Å². The molecule has 1 atom stereocenters. The molecule has 7 nitrogen and oxygen atoms in total. The molecule has 0 saturated carbocycles. The molecule has 1 aliphatic heterocycles. The number of aryl methyl sites for hydroxylation is 1. The van der Waals surface area contributed by atoms with Crippen molar-refractivity contribution in [3.05, 3.63) is 47.5 Å². The highest BCUT2D eigenvalue weighted by Gasteiger charge is 2.27. The number of aromatic nitrogens is 3. The lowest BCUT2D eigenvalue weighted by Gasteiger charge is -2.33. The first-order chi connectivity index (χ1) is 13.3. The van der Waals surface area contributed by atoms with Crippen LogP contribution in [0.4, 0.5) is 0 Å². The number of pyridine rings is 1. The van der Waals surface area contributed by atoms with Gasteiger partial charge in [0.05, 0.1) is 23.7 Å². The summed E-state index contributed by atoms with van der Waals surface area (Å²) in [5.74, 6) is 0.384. The molecule has 2 amide bonds. The van der Waals surface area contributed by atoms with Gasteiger partial charge in [-0.25, -0.2) is 0 Å². The molecule has 0 unspecified atom stereocenters. The molecule has 3 rings (SSSR count). The highest BCUT2D eigenvalue weighted by Crippen LogP contribution is 2.27. The van der Waals surface area contributed by atoms with Crippen LogP contribution in [-0.4, -0.2) is 63.6 Å². The number of rotatable bonds is 5. The van der Waals surface area contributed by atoms with Gasteiger partial charge in [-0.15, -0.1) is 0 Å². The molecule has 0 aliphatic carbocycles. The highest BCUT2D eigenvalue weighted by molar-refractivity contribution is 5.93. The van der Waals surface area contributed by atoms with Crippen LogP contribution in [0.15, 0.2) is 30.6 Å². The van der Waals surface area contributed by atoms with Crippen molar-refractivity contribution < 1.29 is 9.59 Å². The summed E-state index contributed by atoms with van der Waals surface area (Å²) in [5.41, 5.74) is 2.57. The lowest BCUT2D eigenvalue weighted by Crippen LogP contribution is -2.41. The Balaban J connectivity index is 1.53. The summed E-state index contributed by atoms with van der Waals surface area (Å²) in [6.07, 6.45) is 5.37. The molecule has 0 spiro atoms. The Morgan fingerprint density at radius 1 is 1.21 bits per heavy atom. The standard InChI is InChI=1S/C21H29N5O2/c1-15(14-26-12-7-16(2)23-26)20(27)25-10-8-17(9-11-25)19-6-5-18(13-22-19)21(28)24(3)4/h5-7,12-13,15,17H,8-11,14H2,1-4H3/t15-/m0/s1. The van der Waals surface area contributed by atoms with Gasteiger partial charge in [-0.2, -0.15) is 5.10 Å². The third-order valence-electron chi connectivity index (χ3n) is 5.32. The van der Waals surface area contributed by atoms with Crippen LogP contribution in [-0.2, 0) is 11.3 Å². The molecule has 2 aromatic rings. The first-order valence-corrected chi connectivity index (χ1v) is 9.81. The van der Waals surface area contributed by atoms with Gasteiger partial charge in [0.25, 0.3) is 5.91 Å². The minimum absolute atomic E-state index is 0.0409. The lowest BCUT2D eigenvalue weighted by molar-refractivity contribution is -0.136. The van der Waals surface area contributed by atoms with E-state index < -0.39 is 0 Å². The molecule has 1 aliphatic rings. The van der Waals surface area contributed by atoms with Gasteiger partial charge in [0.1, 0.15) is 0 Å². The van der Waals surface area contributed by atoms with Crippen molar-refractivity contribution in [2.75, 3.05) is 27.2 Å². The summed E-state index contributed by atoms with van der Waals surface area (Å²) < 4.78 is 1.84. The molecule has 28 heavy (non-hydrogen) atoms. The quantitative estimate of drug-likeness (QED) is 0.794. The second kappa shape index (κ2) is 8.54. The number of amides is 2. The average Bonchev–Trinajstić information content (AvgIpc) is 3.11. The Labute approximate surface area is 166 Å². The minimum Gasteiger partial charge on any atom is -0.345 e. The Morgan fingerprint density at radius 2 is 1.93 bits per heavy atom. The van der Waals surface area contributed by atoms with Gasteiger partial charge >= 0.3 is 0 Å². The number of nitrogens with zero attached hydrogens (tertiary/aromatic N) is 5. The van der Waals surface area contributed by atoms with E-state index in [0.717, 1.165) is 37.3 Å². The van der Waals surface area contributed by atoms with E-state index in [0.29, 0.717) is 18.0 Å². The first kappa shape index (κ1) is 20.0. The zero-order chi connectivity index (χ0) is 20.3.